The van der Waals surface area contributed by atoms with Crippen LogP contribution in [0.15, 0.2) is 6.07 Å². The van der Waals surface area contributed by atoms with Gasteiger partial charge in [-0.1, -0.05) is 18.5 Å². The summed E-state index contributed by atoms with van der Waals surface area (Å²) in [5.41, 5.74) is 6.88. The molecule has 92 valence electrons. The molecular weight excluding hydrogens is 242 g/mol. The molecule has 0 amide bonds. The first-order chi connectivity index (χ1) is 8.19. The average molecular weight is 256 g/mol. The Hall–Kier alpha value is -1.26. The summed E-state index contributed by atoms with van der Waals surface area (Å²) in [4.78, 5) is 11.0. The SMILES string of the molecule is CC(CN)c1c(Cl)cc(C=O)c2c1OCCO2. The fraction of sp³-hybridized carbons (Fsp3) is 0.417. The molecule has 1 aromatic rings. The van der Waals surface area contributed by atoms with Crippen LogP contribution < -0.4 is 15.2 Å². The highest BCUT2D eigenvalue weighted by molar-refractivity contribution is 6.32. The summed E-state index contributed by atoms with van der Waals surface area (Å²) >= 11 is 6.17. The molecule has 0 bridgehead atoms. The van der Waals surface area contributed by atoms with Crippen molar-refractivity contribution in [2.24, 2.45) is 5.73 Å². The third-order valence-corrected chi connectivity index (χ3v) is 3.11. The summed E-state index contributed by atoms with van der Waals surface area (Å²) < 4.78 is 11.1. The predicted octanol–water partition coefficient (Wildman–Crippen LogP) is 1.99. The van der Waals surface area contributed by atoms with E-state index in [-0.39, 0.29) is 5.92 Å². The molecule has 1 aliphatic rings. The Balaban J connectivity index is 2.63. The minimum atomic E-state index is 0.0543. The monoisotopic (exact) mass is 255 g/mol. The summed E-state index contributed by atoms with van der Waals surface area (Å²) in [5.74, 6) is 1.09. The van der Waals surface area contributed by atoms with Gasteiger partial charge in [0.25, 0.3) is 0 Å². The quantitative estimate of drug-likeness (QED) is 0.839. The molecule has 0 spiro atoms. The lowest BCUT2D eigenvalue weighted by Gasteiger charge is -2.25. The Morgan fingerprint density at radius 2 is 2.12 bits per heavy atom. The second-order valence-electron chi connectivity index (χ2n) is 3.97. The van der Waals surface area contributed by atoms with Crippen molar-refractivity contribution in [2.45, 2.75) is 12.8 Å². The van der Waals surface area contributed by atoms with Crippen molar-refractivity contribution in [3.63, 3.8) is 0 Å². The van der Waals surface area contributed by atoms with Gasteiger partial charge in [-0.25, -0.2) is 0 Å². The van der Waals surface area contributed by atoms with Crippen molar-refractivity contribution in [3.05, 3.63) is 22.2 Å². The molecule has 1 unspecified atom stereocenters. The molecule has 0 aromatic heterocycles. The summed E-state index contributed by atoms with van der Waals surface area (Å²) in [6.45, 7) is 3.30. The highest BCUT2D eigenvalue weighted by Crippen LogP contribution is 2.43. The van der Waals surface area contributed by atoms with E-state index in [0.29, 0.717) is 41.8 Å². The fourth-order valence-electron chi connectivity index (χ4n) is 1.89. The molecule has 2 rings (SSSR count). The molecule has 4 nitrogen and oxygen atoms in total. The Morgan fingerprint density at radius 3 is 2.71 bits per heavy atom. The van der Waals surface area contributed by atoms with Crippen LogP contribution in [0.2, 0.25) is 5.02 Å². The maximum Gasteiger partial charge on any atom is 0.172 e. The topological polar surface area (TPSA) is 61.6 Å². The van der Waals surface area contributed by atoms with E-state index in [2.05, 4.69) is 0 Å². The molecule has 0 radical (unpaired) electrons. The highest BCUT2D eigenvalue weighted by Gasteiger charge is 2.25. The number of aldehydes is 1. The lowest BCUT2D eigenvalue weighted by molar-refractivity contribution is 0.111. The third kappa shape index (κ3) is 2.10. The normalized spacial score (nSPS) is 15.5. The van der Waals surface area contributed by atoms with Crippen molar-refractivity contribution in [1.29, 1.82) is 0 Å². The van der Waals surface area contributed by atoms with E-state index in [1.54, 1.807) is 6.07 Å². The van der Waals surface area contributed by atoms with Crippen LogP contribution in [0, 0.1) is 0 Å². The van der Waals surface area contributed by atoms with Crippen LogP contribution >= 0.6 is 11.6 Å². The standard InChI is InChI=1S/C12H14ClNO3/c1-7(5-14)10-9(13)4-8(6-15)11-12(10)17-3-2-16-11/h4,6-7H,2-3,5,14H2,1H3. The van der Waals surface area contributed by atoms with Gasteiger partial charge in [-0.2, -0.15) is 0 Å². The smallest absolute Gasteiger partial charge is 0.172 e. The minimum Gasteiger partial charge on any atom is -0.486 e. The molecule has 0 saturated heterocycles. The van der Waals surface area contributed by atoms with Crippen LogP contribution in [0.1, 0.15) is 28.8 Å². The molecule has 17 heavy (non-hydrogen) atoms. The van der Waals surface area contributed by atoms with Crippen LogP contribution in [0.5, 0.6) is 11.5 Å². The number of carbonyl (C=O) groups is 1. The van der Waals surface area contributed by atoms with Crippen LogP contribution in [0.25, 0.3) is 0 Å². The van der Waals surface area contributed by atoms with Crippen molar-refractivity contribution in [3.8, 4) is 11.5 Å². The van der Waals surface area contributed by atoms with Crippen molar-refractivity contribution < 1.29 is 14.3 Å². The van der Waals surface area contributed by atoms with Crippen molar-refractivity contribution >= 4 is 17.9 Å². The molecule has 2 N–H and O–H groups in total. The van der Waals surface area contributed by atoms with Crippen LogP contribution in [0.4, 0.5) is 0 Å². The van der Waals surface area contributed by atoms with Gasteiger partial charge in [0.1, 0.15) is 13.2 Å². The molecule has 5 heteroatoms. The molecule has 1 aromatic carbocycles. The van der Waals surface area contributed by atoms with Gasteiger partial charge >= 0.3 is 0 Å². The van der Waals surface area contributed by atoms with Crippen molar-refractivity contribution in [2.75, 3.05) is 19.8 Å². The third-order valence-electron chi connectivity index (χ3n) is 2.80. The Kier molecular flexibility index (Phi) is 3.54. The zero-order valence-corrected chi connectivity index (χ0v) is 10.3. The fourth-order valence-corrected chi connectivity index (χ4v) is 2.28. The Morgan fingerprint density at radius 1 is 1.47 bits per heavy atom. The van der Waals surface area contributed by atoms with Gasteiger partial charge in [0, 0.05) is 10.6 Å². The van der Waals surface area contributed by atoms with Gasteiger partial charge in [-0.3, -0.25) is 4.79 Å². The minimum absolute atomic E-state index is 0.0543. The number of hydrogen-bond donors (Lipinski definition) is 1. The number of halogens is 1. The van der Waals surface area contributed by atoms with E-state index in [1.807, 2.05) is 6.92 Å². The maximum absolute atomic E-state index is 11.0. The van der Waals surface area contributed by atoms with E-state index in [1.165, 1.54) is 0 Å². The summed E-state index contributed by atoms with van der Waals surface area (Å²) in [6.07, 6.45) is 0.719. The van der Waals surface area contributed by atoms with Gasteiger partial charge in [0.15, 0.2) is 17.8 Å². The molecule has 1 aliphatic heterocycles. The molecule has 1 atom stereocenters. The number of ether oxygens (including phenoxy) is 2. The van der Waals surface area contributed by atoms with E-state index in [4.69, 9.17) is 26.8 Å². The number of benzene rings is 1. The maximum atomic E-state index is 11.0. The number of nitrogens with two attached hydrogens (primary N) is 1. The molecular formula is C12H14ClNO3. The first-order valence-electron chi connectivity index (χ1n) is 5.46. The van der Waals surface area contributed by atoms with Crippen LogP contribution in [-0.4, -0.2) is 26.0 Å². The van der Waals surface area contributed by atoms with Crippen molar-refractivity contribution in [1.82, 2.24) is 0 Å². The molecule has 0 saturated carbocycles. The molecule has 0 fully saturated rings. The van der Waals surface area contributed by atoms with E-state index >= 15 is 0 Å². The molecule has 1 heterocycles. The second-order valence-corrected chi connectivity index (χ2v) is 4.38. The van der Waals surface area contributed by atoms with Gasteiger partial charge < -0.3 is 15.2 Å². The zero-order valence-electron chi connectivity index (χ0n) is 9.53. The number of fused-ring (bicyclic) bond motifs is 1. The lowest BCUT2D eigenvalue weighted by Crippen LogP contribution is -2.20. The summed E-state index contributed by atoms with van der Waals surface area (Å²) in [5, 5.41) is 0.495. The predicted molar refractivity (Wildman–Crippen MR) is 65.3 cm³/mol. The Bertz CT molecular complexity index is 448. The average Bonchev–Trinajstić information content (AvgIpc) is 2.37. The number of hydrogen-bond acceptors (Lipinski definition) is 4. The second kappa shape index (κ2) is 4.94. The van der Waals surface area contributed by atoms with Gasteiger partial charge in [0.2, 0.25) is 0 Å². The summed E-state index contributed by atoms with van der Waals surface area (Å²) in [6, 6.07) is 1.60. The van der Waals surface area contributed by atoms with E-state index in [0.717, 1.165) is 11.8 Å². The van der Waals surface area contributed by atoms with Gasteiger partial charge in [-0.15, -0.1) is 0 Å². The zero-order chi connectivity index (χ0) is 12.4. The first-order valence-corrected chi connectivity index (χ1v) is 5.84. The lowest BCUT2D eigenvalue weighted by atomic mass is 9.97. The van der Waals surface area contributed by atoms with Crippen LogP contribution in [-0.2, 0) is 0 Å². The largest absolute Gasteiger partial charge is 0.486 e. The first kappa shape index (κ1) is 12.2. The Labute approximate surface area is 105 Å². The molecule has 0 aliphatic carbocycles. The van der Waals surface area contributed by atoms with E-state index < -0.39 is 0 Å². The summed E-state index contributed by atoms with van der Waals surface area (Å²) in [7, 11) is 0. The van der Waals surface area contributed by atoms with Gasteiger partial charge in [0.05, 0.1) is 5.56 Å². The highest BCUT2D eigenvalue weighted by atomic mass is 35.5. The number of carbonyl (C=O) groups excluding carboxylic acids is 1. The van der Waals surface area contributed by atoms with Crippen LogP contribution in [0.3, 0.4) is 0 Å². The number of rotatable bonds is 3. The van der Waals surface area contributed by atoms with E-state index in [9.17, 15) is 4.79 Å². The van der Waals surface area contributed by atoms with Gasteiger partial charge in [-0.05, 0) is 18.5 Å².